The highest BCUT2D eigenvalue weighted by Gasteiger charge is 2.00. The lowest BCUT2D eigenvalue weighted by molar-refractivity contribution is 0.309. The molecule has 0 aliphatic carbocycles. The molecule has 0 bridgehead atoms. The molecule has 2 N–H and O–H groups in total. The fourth-order valence-corrected chi connectivity index (χ4v) is 2.20. The first kappa shape index (κ1) is 17.4. The average molecular weight is 337 g/mol. The van der Waals surface area contributed by atoms with Gasteiger partial charge >= 0.3 is 0 Å². The highest BCUT2D eigenvalue weighted by Crippen LogP contribution is 2.19. The van der Waals surface area contributed by atoms with Gasteiger partial charge < -0.3 is 15.4 Å². The number of hydrogen-bond acceptors (Lipinski definition) is 3. The monoisotopic (exact) mass is 336 g/mol. The largest absolute Gasteiger partial charge is 0.494 e. The number of benzene rings is 2. The van der Waals surface area contributed by atoms with Gasteiger partial charge in [-0.2, -0.15) is 0 Å². The second-order valence-corrected chi connectivity index (χ2v) is 5.62. The van der Waals surface area contributed by atoms with Gasteiger partial charge in [0.15, 0.2) is 0 Å². The molecule has 2 aromatic carbocycles. The quantitative estimate of drug-likeness (QED) is 0.619. The zero-order valence-corrected chi connectivity index (χ0v) is 14.0. The van der Waals surface area contributed by atoms with Crippen LogP contribution in [0.1, 0.15) is 19.8 Å². The Morgan fingerprint density at radius 3 is 2.30 bits per heavy atom. The van der Waals surface area contributed by atoms with Crippen LogP contribution in [0.25, 0.3) is 0 Å². The summed E-state index contributed by atoms with van der Waals surface area (Å²) in [6, 6.07) is 12.5. The fourth-order valence-electron chi connectivity index (χ4n) is 2.02. The topological polar surface area (TPSA) is 33.3 Å². The van der Waals surface area contributed by atoms with Crippen molar-refractivity contribution >= 4 is 23.0 Å². The third kappa shape index (κ3) is 5.99. The molecule has 0 spiro atoms. The Labute approximate surface area is 141 Å². The maximum Gasteiger partial charge on any atom is 0.141 e. The van der Waals surface area contributed by atoms with Crippen LogP contribution in [-0.2, 0) is 0 Å². The third-order valence-corrected chi connectivity index (χ3v) is 3.61. The van der Waals surface area contributed by atoms with E-state index in [-0.39, 0.29) is 5.02 Å². The minimum absolute atomic E-state index is 0.127. The van der Waals surface area contributed by atoms with Crippen LogP contribution < -0.4 is 15.4 Å². The Morgan fingerprint density at radius 1 is 1.00 bits per heavy atom. The lowest BCUT2D eigenvalue weighted by Gasteiger charge is -2.10. The molecule has 0 atom stereocenters. The molecule has 0 aromatic heterocycles. The van der Waals surface area contributed by atoms with E-state index >= 15 is 0 Å². The van der Waals surface area contributed by atoms with Crippen molar-refractivity contribution in [2.24, 2.45) is 0 Å². The molecule has 0 aliphatic heterocycles. The van der Waals surface area contributed by atoms with Crippen molar-refractivity contribution in [3.05, 3.63) is 53.3 Å². The van der Waals surface area contributed by atoms with Crippen molar-refractivity contribution in [2.45, 2.75) is 19.8 Å². The predicted molar refractivity (Wildman–Crippen MR) is 95.2 cm³/mol. The standard InChI is InChI=1S/C18H22ClFN2O/c1-2-3-12-23-16-7-4-14(5-8-16)21-10-11-22-15-6-9-18(20)17(19)13-15/h4-9,13,21-22H,2-3,10-12H2,1H3. The van der Waals surface area contributed by atoms with E-state index in [1.807, 2.05) is 24.3 Å². The van der Waals surface area contributed by atoms with Crippen LogP contribution in [0.5, 0.6) is 5.75 Å². The molecule has 0 amide bonds. The zero-order chi connectivity index (χ0) is 16.5. The SMILES string of the molecule is CCCCOc1ccc(NCCNc2ccc(F)c(Cl)c2)cc1. The Morgan fingerprint density at radius 2 is 1.65 bits per heavy atom. The van der Waals surface area contributed by atoms with E-state index < -0.39 is 5.82 Å². The van der Waals surface area contributed by atoms with E-state index in [1.54, 1.807) is 12.1 Å². The molecular weight excluding hydrogens is 315 g/mol. The van der Waals surface area contributed by atoms with Gasteiger partial charge in [0.2, 0.25) is 0 Å². The summed E-state index contributed by atoms with van der Waals surface area (Å²) in [7, 11) is 0. The number of ether oxygens (including phenoxy) is 1. The summed E-state index contributed by atoms with van der Waals surface area (Å²) in [6.07, 6.45) is 2.20. The molecule has 2 rings (SSSR count). The summed E-state index contributed by atoms with van der Waals surface area (Å²) in [5.74, 6) is 0.486. The lowest BCUT2D eigenvalue weighted by Crippen LogP contribution is -2.13. The van der Waals surface area contributed by atoms with Gasteiger partial charge in [-0.3, -0.25) is 0 Å². The number of rotatable bonds is 9. The van der Waals surface area contributed by atoms with Crippen LogP contribution in [0.2, 0.25) is 5.02 Å². The second kappa shape index (κ2) is 9.26. The van der Waals surface area contributed by atoms with Crippen LogP contribution in [0.3, 0.4) is 0 Å². The number of unbranched alkanes of at least 4 members (excludes halogenated alkanes) is 1. The molecule has 23 heavy (non-hydrogen) atoms. The summed E-state index contributed by atoms with van der Waals surface area (Å²) in [5, 5.41) is 6.63. The van der Waals surface area contributed by atoms with E-state index in [0.717, 1.165) is 43.1 Å². The average Bonchev–Trinajstić information content (AvgIpc) is 2.56. The minimum Gasteiger partial charge on any atom is -0.494 e. The molecule has 5 heteroatoms. The molecular formula is C18H22ClFN2O. The van der Waals surface area contributed by atoms with Crippen molar-refractivity contribution in [3.8, 4) is 5.75 Å². The Balaban J connectivity index is 1.70. The normalized spacial score (nSPS) is 10.4. The summed E-state index contributed by atoms with van der Waals surface area (Å²) >= 11 is 5.74. The summed E-state index contributed by atoms with van der Waals surface area (Å²) in [6.45, 7) is 4.35. The van der Waals surface area contributed by atoms with Crippen LogP contribution >= 0.6 is 11.6 Å². The molecule has 0 unspecified atom stereocenters. The first-order valence-electron chi connectivity index (χ1n) is 7.84. The van der Waals surface area contributed by atoms with Gasteiger partial charge in [0.25, 0.3) is 0 Å². The maximum atomic E-state index is 13.1. The van der Waals surface area contributed by atoms with Gasteiger partial charge in [-0.25, -0.2) is 4.39 Å². The van der Waals surface area contributed by atoms with Gasteiger partial charge in [-0.15, -0.1) is 0 Å². The van der Waals surface area contributed by atoms with Crippen molar-refractivity contribution < 1.29 is 9.13 Å². The predicted octanol–water partition coefficient (Wildman–Crippen LogP) is 5.18. The van der Waals surface area contributed by atoms with Crippen LogP contribution in [0, 0.1) is 5.82 Å². The van der Waals surface area contributed by atoms with E-state index in [9.17, 15) is 4.39 Å². The van der Waals surface area contributed by atoms with E-state index in [4.69, 9.17) is 16.3 Å². The van der Waals surface area contributed by atoms with Crippen molar-refractivity contribution in [2.75, 3.05) is 30.3 Å². The van der Waals surface area contributed by atoms with E-state index in [1.165, 1.54) is 6.07 Å². The fraction of sp³-hybridized carbons (Fsp3) is 0.333. The van der Waals surface area contributed by atoms with Gasteiger partial charge in [0.05, 0.1) is 11.6 Å². The Kier molecular flexibility index (Phi) is 7.01. The number of halogens is 2. The van der Waals surface area contributed by atoms with Gasteiger partial charge in [-0.1, -0.05) is 24.9 Å². The summed E-state index contributed by atoms with van der Waals surface area (Å²) in [5.41, 5.74) is 1.84. The number of nitrogens with one attached hydrogen (secondary N) is 2. The molecule has 3 nitrogen and oxygen atoms in total. The summed E-state index contributed by atoms with van der Waals surface area (Å²) < 4.78 is 18.7. The molecule has 0 fully saturated rings. The number of anilines is 2. The zero-order valence-electron chi connectivity index (χ0n) is 13.2. The number of hydrogen-bond donors (Lipinski definition) is 2. The molecule has 0 heterocycles. The van der Waals surface area contributed by atoms with Gasteiger partial charge in [0.1, 0.15) is 11.6 Å². The molecule has 0 saturated heterocycles. The second-order valence-electron chi connectivity index (χ2n) is 5.21. The van der Waals surface area contributed by atoms with Crippen LogP contribution in [-0.4, -0.2) is 19.7 Å². The molecule has 0 saturated carbocycles. The molecule has 2 aromatic rings. The molecule has 124 valence electrons. The van der Waals surface area contributed by atoms with Gasteiger partial charge in [0, 0.05) is 24.5 Å². The summed E-state index contributed by atoms with van der Waals surface area (Å²) in [4.78, 5) is 0. The van der Waals surface area contributed by atoms with Crippen LogP contribution in [0.15, 0.2) is 42.5 Å². The Hall–Kier alpha value is -1.94. The highest BCUT2D eigenvalue weighted by atomic mass is 35.5. The van der Waals surface area contributed by atoms with Gasteiger partial charge in [-0.05, 0) is 48.9 Å². The van der Waals surface area contributed by atoms with E-state index in [2.05, 4.69) is 17.6 Å². The third-order valence-electron chi connectivity index (χ3n) is 3.32. The maximum absolute atomic E-state index is 13.1. The van der Waals surface area contributed by atoms with Crippen molar-refractivity contribution in [3.63, 3.8) is 0 Å². The molecule has 0 aliphatic rings. The lowest BCUT2D eigenvalue weighted by atomic mass is 10.3. The first-order chi connectivity index (χ1) is 11.2. The van der Waals surface area contributed by atoms with Crippen LogP contribution in [0.4, 0.5) is 15.8 Å². The highest BCUT2D eigenvalue weighted by molar-refractivity contribution is 6.31. The minimum atomic E-state index is -0.406. The smallest absolute Gasteiger partial charge is 0.141 e. The van der Waals surface area contributed by atoms with Crippen molar-refractivity contribution in [1.82, 2.24) is 0 Å². The van der Waals surface area contributed by atoms with Crippen molar-refractivity contribution in [1.29, 1.82) is 0 Å². The first-order valence-corrected chi connectivity index (χ1v) is 8.22. The van der Waals surface area contributed by atoms with E-state index in [0.29, 0.717) is 6.54 Å². The molecule has 0 radical (unpaired) electrons. The Bertz CT molecular complexity index is 604.